The fraction of sp³-hybridized carbons (Fsp3) is 0.188. The molecular weight excluding hydrogens is 458 g/mol. The maximum Gasteiger partial charge on any atom is 0.251 e. The molecule has 0 aliphatic heterocycles. The Morgan fingerprint density at radius 2 is 1.54 bits per heavy atom. The molecule has 1 heterocycles. The van der Waals surface area contributed by atoms with Crippen molar-refractivity contribution in [3.05, 3.63) is 120 Å². The van der Waals surface area contributed by atoms with E-state index in [1.165, 1.54) is 11.1 Å². The van der Waals surface area contributed by atoms with Crippen molar-refractivity contribution in [1.82, 2.24) is 14.9 Å². The van der Waals surface area contributed by atoms with E-state index in [-0.39, 0.29) is 18.1 Å². The Labute approximate surface area is 217 Å². The fourth-order valence-electron chi connectivity index (χ4n) is 4.53. The van der Waals surface area contributed by atoms with E-state index in [9.17, 15) is 4.79 Å². The molecule has 1 aromatic heterocycles. The average molecular weight is 490 g/mol. The van der Waals surface area contributed by atoms with Gasteiger partial charge in [-0.3, -0.25) is 4.79 Å². The summed E-state index contributed by atoms with van der Waals surface area (Å²) in [5.74, 6) is 1.50. The minimum Gasteiger partial charge on any atom is -0.483 e. The van der Waals surface area contributed by atoms with Gasteiger partial charge in [-0.05, 0) is 73.9 Å². The number of fused-ring (bicyclic) bond motifs is 1. The van der Waals surface area contributed by atoms with E-state index in [0.29, 0.717) is 12.1 Å². The Kier molecular flexibility index (Phi) is 7.04. The molecule has 0 aliphatic rings. The molecule has 0 radical (unpaired) electrons. The molecule has 5 nitrogen and oxygen atoms in total. The molecular formula is C32H31N3O2. The summed E-state index contributed by atoms with van der Waals surface area (Å²) in [7, 11) is 0. The maximum absolute atomic E-state index is 12.7. The minimum absolute atomic E-state index is 0.0625. The molecule has 5 aromatic rings. The summed E-state index contributed by atoms with van der Waals surface area (Å²) in [4.78, 5) is 17.6. The number of carbonyl (C=O) groups excluding carboxylic acids is 1. The number of rotatable bonds is 8. The number of nitrogens with one attached hydrogen (secondary N) is 1. The smallest absolute Gasteiger partial charge is 0.251 e. The second kappa shape index (κ2) is 10.7. The van der Waals surface area contributed by atoms with Gasteiger partial charge in [0.1, 0.15) is 5.75 Å². The van der Waals surface area contributed by atoms with Gasteiger partial charge in [-0.1, -0.05) is 66.7 Å². The standard InChI is InChI=1S/C32H31N3O2/c1-22(2)33-32(36)27-17-18-30-29(20-27)34-31(23(3)37-28-15-8-5-9-16-28)35(30)21-24-11-10-14-26(19-24)25-12-6-4-7-13-25/h4-20,22-23H,21H2,1-3H3,(H,33,36). The molecule has 5 rings (SSSR count). The van der Waals surface area contributed by atoms with Gasteiger partial charge in [0.25, 0.3) is 5.91 Å². The lowest BCUT2D eigenvalue weighted by molar-refractivity contribution is 0.0943. The van der Waals surface area contributed by atoms with Gasteiger partial charge in [0, 0.05) is 18.2 Å². The van der Waals surface area contributed by atoms with Crippen LogP contribution in [-0.2, 0) is 6.54 Å². The van der Waals surface area contributed by atoms with Crippen molar-refractivity contribution in [3.8, 4) is 16.9 Å². The van der Waals surface area contributed by atoms with Crippen molar-refractivity contribution in [2.45, 2.75) is 39.5 Å². The van der Waals surface area contributed by atoms with Crippen molar-refractivity contribution in [2.75, 3.05) is 0 Å². The zero-order valence-corrected chi connectivity index (χ0v) is 21.4. The van der Waals surface area contributed by atoms with E-state index in [0.717, 1.165) is 28.2 Å². The zero-order chi connectivity index (χ0) is 25.8. The van der Waals surface area contributed by atoms with Gasteiger partial charge >= 0.3 is 0 Å². The number of benzene rings is 4. The lowest BCUT2D eigenvalue weighted by atomic mass is 10.0. The van der Waals surface area contributed by atoms with Crippen LogP contribution in [0, 0.1) is 0 Å². The molecule has 0 fully saturated rings. The molecule has 1 unspecified atom stereocenters. The van der Waals surface area contributed by atoms with Crippen LogP contribution in [0.15, 0.2) is 103 Å². The van der Waals surface area contributed by atoms with Crippen LogP contribution in [0.3, 0.4) is 0 Å². The lowest BCUT2D eigenvalue weighted by Crippen LogP contribution is -2.29. The van der Waals surface area contributed by atoms with Crippen LogP contribution in [0.25, 0.3) is 22.2 Å². The Morgan fingerprint density at radius 3 is 2.27 bits per heavy atom. The summed E-state index contributed by atoms with van der Waals surface area (Å²) >= 11 is 0. The zero-order valence-electron chi connectivity index (χ0n) is 21.4. The van der Waals surface area contributed by atoms with Crippen molar-refractivity contribution in [3.63, 3.8) is 0 Å². The van der Waals surface area contributed by atoms with Gasteiger partial charge in [0.15, 0.2) is 11.9 Å². The second-order valence-electron chi connectivity index (χ2n) is 9.53. The van der Waals surface area contributed by atoms with Crippen molar-refractivity contribution < 1.29 is 9.53 Å². The first-order valence-electron chi connectivity index (χ1n) is 12.6. The highest BCUT2D eigenvalue weighted by molar-refractivity contribution is 5.97. The van der Waals surface area contributed by atoms with Crippen LogP contribution >= 0.6 is 0 Å². The van der Waals surface area contributed by atoms with Gasteiger partial charge in [-0.25, -0.2) is 4.98 Å². The first kappa shape index (κ1) is 24.3. The predicted molar refractivity (Wildman–Crippen MR) is 149 cm³/mol. The van der Waals surface area contributed by atoms with Crippen LogP contribution in [0.5, 0.6) is 5.75 Å². The molecule has 0 aliphatic carbocycles. The third-order valence-corrected chi connectivity index (χ3v) is 6.25. The Balaban J connectivity index is 1.54. The SMILES string of the molecule is CC(C)NC(=O)c1ccc2c(c1)nc(C(C)Oc1ccccc1)n2Cc1cccc(-c2ccccc2)c1. The van der Waals surface area contributed by atoms with E-state index >= 15 is 0 Å². The summed E-state index contributed by atoms with van der Waals surface area (Å²) in [5, 5.41) is 2.96. The van der Waals surface area contributed by atoms with Crippen LogP contribution in [0.4, 0.5) is 0 Å². The van der Waals surface area contributed by atoms with Crippen LogP contribution in [0.2, 0.25) is 0 Å². The van der Waals surface area contributed by atoms with Crippen molar-refractivity contribution in [2.24, 2.45) is 0 Å². The molecule has 0 saturated heterocycles. The van der Waals surface area contributed by atoms with Gasteiger partial charge < -0.3 is 14.6 Å². The van der Waals surface area contributed by atoms with Crippen LogP contribution in [0.1, 0.15) is 48.6 Å². The maximum atomic E-state index is 12.7. The number of ether oxygens (including phenoxy) is 1. The molecule has 4 aromatic carbocycles. The number of nitrogens with zero attached hydrogens (tertiary/aromatic N) is 2. The second-order valence-corrected chi connectivity index (χ2v) is 9.53. The third kappa shape index (κ3) is 5.56. The highest BCUT2D eigenvalue weighted by Crippen LogP contribution is 2.28. The fourth-order valence-corrected chi connectivity index (χ4v) is 4.53. The monoisotopic (exact) mass is 489 g/mol. The van der Waals surface area contributed by atoms with Crippen molar-refractivity contribution >= 4 is 16.9 Å². The van der Waals surface area contributed by atoms with E-state index in [1.54, 1.807) is 0 Å². The molecule has 0 bridgehead atoms. The topological polar surface area (TPSA) is 56.1 Å². The summed E-state index contributed by atoms with van der Waals surface area (Å²) in [6.45, 7) is 6.55. The quantitative estimate of drug-likeness (QED) is 0.255. The average Bonchev–Trinajstić information content (AvgIpc) is 3.27. The number of aromatic nitrogens is 2. The highest BCUT2D eigenvalue weighted by Gasteiger charge is 2.20. The van der Waals surface area contributed by atoms with Gasteiger partial charge in [0.2, 0.25) is 0 Å². The molecule has 1 N–H and O–H groups in total. The molecule has 37 heavy (non-hydrogen) atoms. The molecule has 1 amide bonds. The van der Waals surface area contributed by atoms with Crippen LogP contribution < -0.4 is 10.1 Å². The number of imidazole rings is 1. The molecule has 1 atom stereocenters. The molecule has 0 saturated carbocycles. The van der Waals surface area contributed by atoms with Gasteiger partial charge in [-0.2, -0.15) is 0 Å². The van der Waals surface area contributed by atoms with E-state index in [4.69, 9.17) is 9.72 Å². The Hall–Kier alpha value is -4.38. The van der Waals surface area contributed by atoms with Gasteiger partial charge in [-0.15, -0.1) is 0 Å². The summed E-state index contributed by atoms with van der Waals surface area (Å²) in [5.41, 5.74) is 5.85. The van der Waals surface area contributed by atoms with Crippen LogP contribution in [-0.4, -0.2) is 21.5 Å². The minimum atomic E-state index is -0.292. The first-order chi connectivity index (χ1) is 18.0. The molecule has 5 heteroatoms. The molecule has 0 spiro atoms. The number of amides is 1. The third-order valence-electron chi connectivity index (χ3n) is 6.25. The number of para-hydroxylation sites is 1. The number of carbonyl (C=O) groups is 1. The Bertz CT molecular complexity index is 1510. The van der Waals surface area contributed by atoms with E-state index < -0.39 is 0 Å². The largest absolute Gasteiger partial charge is 0.483 e. The number of hydrogen-bond acceptors (Lipinski definition) is 3. The predicted octanol–water partition coefficient (Wildman–Crippen LogP) is 7.03. The molecule has 186 valence electrons. The first-order valence-corrected chi connectivity index (χ1v) is 12.6. The Morgan fingerprint density at radius 1 is 0.838 bits per heavy atom. The number of hydrogen-bond donors (Lipinski definition) is 1. The summed E-state index contributed by atoms with van der Waals surface area (Å²) in [6.07, 6.45) is -0.292. The lowest BCUT2D eigenvalue weighted by Gasteiger charge is -2.17. The van der Waals surface area contributed by atoms with Gasteiger partial charge in [0.05, 0.1) is 11.0 Å². The van der Waals surface area contributed by atoms with E-state index in [2.05, 4.69) is 58.4 Å². The van der Waals surface area contributed by atoms with Crippen molar-refractivity contribution in [1.29, 1.82) is 0 Å². The summed E-state index contributed by atoms with van der Waals surface area (Å²) < 4.78 is 8.46. The summed E-state index contributed by atoms with van der Waals surface area (Å²) in [6, 6.07) is 34.5. The van der Waals surface area contributed by atoms with E-state index in [1.807, 2.05) is 75.4 Å². The highest BCUT2D eigenvalue weighted by atomic mass is 16.5. The normalized spacial score (nSPS) is 12.0.